The lowest BCUT2D eigenvalue weighted by Crippen LogP contribution is -2.39. The summed E-state index contributed by atoms with van der Waals surface area (Å²) in [6.07, 6.45) is 0.588. The number of nitrogens with zero attached hydrogens (tertiary/aromatic N) is 1. The molecule has 0 aliphatic heterocycles. The van der Waals surface area contributed by atoms with Crippen LogP contribution in [0.1, 0.15) is 20.3 Å². The minimum Gasteiger partial charge on any atom is -0.396 e. The average molecular weight is 285 g/mol. The van der Waals surface area contributed by atoms with Gasteiger partial charge in [-0.2, -0.15) is 0 Å². The van der Waals surface area contributed by atoms with Crippen LogP contribution < -0.4 is 0 Å². The van der Waals surface area contributed by atoms with E-state index >= 15 is 0 Å². The number of halogens is 1. The Kier molecular flexibility index (Phi) is 6.87. The van der Waals surface area contributed by atoms with Gasteiger partial charge in [0.05, 0.1) is 5.75 Å². The summed E-state index contributed by atoms with van der Waals surface area (Å²) < 4.78 is 12.8. The van der Waals surface area contributed by atoms with Crippen molar-refractivity contribution < 1.29 is 14.3 Å². The van der Waals surface area contributed by atoms with E-state index < -0.39 is 0 Å². The number of amides is 1. The summed E-state index contributed by atoms with van der Waals surface area (Å²) in [6, 6.07) is 6.23. The van der Waals surface area contributed by atoms with Crippen LogP contribution in [0.5, 0.6) is 0 Å². The highest BCUT2D eigenvalue weighted by Crippen LogP contribution is 2.19. The zero-order valence-corrected chi connectivity index (χ0v) is 12.1. The van der Waals surface area contributed by atoms with Crippen LogP contribution in [0.2, 0.25) is 0 Å². The van der Waals surface area contributed by atoms with Gasteiger partial charge >= 0.3 is 0 Å². The number of carbonyl (C=O) groups is 1. The number of benzene rings is 1. The number of aliphatic hydroxyl groups is 1. The molecule has 0 aliphatic carbocycles. The summed E-state index contributed by atoms with van der Waals surface area (Å²) in [5.41, 5.74) is 0. The van der Waals surface area contributed by atoms with Crippen molar-refractivity contribution in [3.8, 4) is 0 Å². The van der Waals surface area contributed by atoms with Gasteiger partial charge in [0.15, 0.2) is 0 Å². The first-order chi connectivity index (χ1) is 9.04. The Morgan fingerprint density at radius 1 is 1.37 bits per heavy atom. The van der Waals surface area contributed by atoms with E-state index in [2.05, 4.69) is 0 Å². The van der Waals surface area contributed by atoms with Crippen molar-refractivity contribution in [1.29, 1.82) is 0 Å². The largest absolute Gasteiger partial charge is 0.396 e. The molecule has 1 amide bonds. The first-order valence-electron chi connectivity index (χ1n) is 6.33. The van der Waals surface area contributed by atoms with Crippen molar-refractivity contribution in [2.75, 3.05) is 18.9 Å². The van der Waals surface area contributed by atoms with Crippen molar-refractivity contribution in [3.05, 3.63) is 30.1 Å². The Balaban J connectivity index is 2.49. The van der Waals surface area contributed by atoms with Crippen molar-refractivity contribution in [2.45, 2.75) is 31.2 Å². The summed E-state index contributed by atoms with van der Waals surface area (Å²) in [5, 5.41) is 8.83. The fourth-order valence-electron chi connectivity index (χ4n) is 1.67. The molecule has 106 valence electrons. The number of hydrogen-bond donors (Lipinski definition) is 1. The molecule has 0 atom stereocenters. The molecule has 1 aromatic rings. The van der Waals surface area contributed by atoms with Crippen LogP contribution >= 0.6 is 11.8 Å². The minimum atomic E-state index is -0.276. The molecule has 0 bridgehead atoms. The SMILES string of the molecule is CC(C)N(CCCO)C(=O)CSc1ccc(F)cc1. The lowest BCUT2D eigenvalue weighted by atomic mass is 10.3. The molecule has 1 aromatic carbocycles. The van der Waals surface area contributed by atoms with Crippen molar-refractivity contribution in [1.82, 2.24) is 4.90 Å². The van der Waals surface area contributed by atoms with Gasteiger partial charge in [-0.05, 0) is 44.5 Å². The van der Waals surface area contributed by atoms with Crippen LogP contribution in [0.4, 0.5) is 4.39 Å². The third-order valence-electron chi connectivity index (χ3n) is 2.68. The second-order valence-corrected chi connectivity index (χ2v) is 5.55. The Morgan fingerprint density at radius 3 is 2.53 bits per heavy atom. The number of aliphatic hydroxyl groups excluding tert-OH is 1. The van der Waals surface area contributed by atoms with E-state index in [9.17, 15) is 9.18 Å². The van der Waals surface area contributed by atoms with E-state index in [-0.39, 0.29) is 24.4 Å². The molecular weight excluding hydrogens is 265 g/mol. The van der Waals surface area contributed by atoms with Crippen LogP contribution in [-0.4, -0.2) is 40.9 Å². The predicted octanol–water partition coefficient (Wildman–Crippen LogP) is 2.54. The second-order valence-electron chi connectivity index (χ2n) is 4.50. The van der Waals surface area contributed by atoms with E-state index in [1.807, 2.05) is 13.8 Å². The Hall–Kier alpha value is -1.07. The Bertz CT molecular complexity index is 395. The summed E-state index contributed by atoms with van der Waals surface area (Å²) >= 11 is 1.40. The van der Waals surface area contributed by atoms with Crippen LogP contribution in [0.15, 0.2) is 29.2 Å². The molecule has 0 aromatic heterocycles. The van der Waals surface area contributed by atoms with Gasteiger partial charge in [0, 0.05) is 24.1 Å². The monoisotopic (exact) mass is 285 g/mol. The fourth-order valence-corrected chi connectivity index (χ4v) is 2.46. The third-order valence-corrected chi connectivity index (χ3v) is 3.67. The molecule has 0 radical (unpaired) electrons. The standard InChI is InChI=1S/C14H20FNO2S/c1-11(2)16(8-3-9-17)14(18)10-19-13-6-4-12(15)5-7-13/h4-7,11,17H,3,8-10H2,1-2H3. The van der Waals surface area contributed by atoms with Gasteiger partial charge in [-0.3, -0.25) is 4.79 Å². The number of carbonyl (C=O) groups excluding carboxylic acids is 1. The Labute approximate surface area is 117 Å². The maximum atomic E-state index is 12.8. The topological polar surface area (TPSA) is 40.5 Å². The molecule has 1 rings (SSSR count). The Morgan fingerprint density at radius 2 is 2.00 bits per heavy atom. The summed E-state index contributed by atoms with van der Waals surface area (Å²) in [7, 11) is 0. The van der Waals surface area contributed by atoms with Gasteiger partial charge in [0.1, 0.15) is 5.82 Å². The molecule has 0 spiro atoms. The first-order valence-corrected chi connectivity index (χ1v) is 7.32. The highest BCUT2D eigenvalue weighted by molar-refractivity contribution is 8.00. The van der Waals surface area contributed by atoms with E-state index in [0.29, 0.717) is 18.7 Å². The van der Waals surface area contributed by atoms with Crippen molar-refractivity contribution in [2.24, 2.45) is 0 Å². The first kappa shape index (κ1) is 16.0. The van der Waals surface area contributed by atoms with Gasteiger partial charge < -0.3 is 10.0 Å². The molecule has 0 aliphatic rings. The normalized spacial score (nSPS) is 10.8. The molecule has 0 heterocycles. The quantitative estimate of drug-likeness (QED) is 0.783. The van der Waals surface area contributed by atoms with Gasteiger partial charge in [0.2, 0.25) is 5.91 Å². The second kappa shape index (κ2) is 8.17. The van der Waals surface area contributed by atoms with Gasteiger partial charge in [-0.15, -0.1) is 11.8 Å². The van der Waals surface area contributed by atoms with Gasteiger partial charge in [-0.25, -0.2) is 4.39 Å². The average Bonchev–Trinajstić information content (AvgIpc) is 2.38. The molecule has 3 nitrogen and oxygen atoms in total. The molecule has 5 heteroatoms. The molecule has 19 heavy (non-hydrogen) atoms. The predicted molar refractivity (Wildman–Crippen MR) is 75.7 cm³/mol. The zero-order chi connectivity index (χ0) is 14.3. The van der Waals surface area contributed by atoms with Crippen LogP contribution in [-0.2, 0) is 4.79 Å². The van der Waals surface area contributed by atoms with Crippen LogP contribution in [0, 0.1) is 5.82 Å². The van der Waals surface area contributed by atoms with E-state index in [1.165, 1.54) is 23.9 Å². The smallest absolute Gasteiger partial charge is 0.233 e. The zero-order valence-electron chi connectivity index (χ0n) is 11.3. The highest BCUT2D eigenvalue weighted by atomic mass is 32.2. The molecule has 0 unspecified atom stereocenters. The molecule has 0 saturated carbocycles. The van der Waals surface area contributed by atoms with Crippen LogP contribution in [0.25, 0.3) is 0 Å². The third kappa shape index (κ3) is 5.61. The van der Waals surface area contributed by atoms with Gasteiger partial charge in [0.25, 0.3) is 0 Å². The number of thioether (sulfide) groups is 1. The number of hydrogen-bond acceptors (Lipinski definition) is 3. The lowest BCUT2D eigenvalue weighted by Gasteiger charge is -2.26. The maximum Gasteiger partial charge on any atom is 0.233 e. The van der Waals surface area contributed by atoms with E-state index in [1.54, 1.807) is 17.0 Å². The minimum absolute atomic E-state index is 0.0396. The molecule has 0 fully saturated rings. The molecule has 0 saturated heterocycles. The highest BCUT2D eigenvalue weighted by Gasteiger charge is 2.16. The van der Waals surface area contributed by atoms with E-state index in [4.69, 9.17) is 5.11 Å². The van der Waals surface area contributed by atoms with Crippen LogP contribution in [0.3, 0.4) is 0 Å². The molecule has 1 N–H and O–H groups in total. The summed E-state index contributed by atoms with van der Waals surface area (Å²) in [6.45, 7) is 4.56. The lowest BCUT2D eigenvalue weighted by molar-refractivity contribution is -0.130. The van der Waals surface area contributed by atoms with Gasteiger partial charge in [-0.1, -0.05) is 0 Å². The van der Waals surface area contributed by atoms with Crippen molar-refractivity contribution in [3.63, 3.8) is 0 Å². The van der Waals surface area contributed by atoms with E-state index in [0.717, 1.165) is 4.90 Å². The number of rotatable bonds is 7. The summed E-state index contributed by atoms with van der Waals surface area (Å²) in [4.78, 5) is 14.7. The van der Waals surface area contributed by atoms with Crippen molar-refractivity contribution >= 4 is 17.7 Å². The molecular formula is C14H20FNO2S. The summed E-state index contributed by atoms with van der Waals surface area (Å²) in [5.74, 6) is 0.0927. The maximum absolute atomic E-state index is 12.8. The fraction of sp³-hybridized carbons (Fsp3) is 0.500.